The molecule has 0 unspecified atom stereocenters. The van der Waals surface area contributed by atoms with Crippen LogP contribution in [0.3, 0.4) is 0 Å². The molecule has 0 atom stereocenters. The molecule has 0 radical (unpaired) electrons. The highest BCUT2D eigenvalue weighted by atomic mass is 32.1. The van der Waals surface area contributed by atoms with Gasteiger partial charge in [0.2, 0.25) is 5.91 Å². The van der Waals surface area contributed by atoms with Gasteiger partial charge in [0.1, 0.15) is 0 Å². The minimum Gasteiger partial charge on any atom is -0.395 e. The minimum absolute atomic E-state index is 0.0245. The molecule has 0 saturated heterocycles. The normalized spacial score (nSPS) is 9.42. The van der Waals surface area contributed by atoms with Gasteiger partial charge in [-0.05, 0) is 6.07 Å². The smallest absolute Gasteiger partial charge is 0.254 e. The fraction of sp³-hybridized carbons (Fsp3) is 0.385. The number of hydrogen-bond acceptors (Lipinski definition) is 4. The highest BCUT2D eigenvalue weighted by Gasteiger charge is 2.15. The van der Waals surface area contributed by atoms with Crippen LogP contribution >= 0.6 is 11.3 Å². The molecule has 0 spiro atoms. The third-order valence-corrected chi connectivity index (χ3v) is 3.15. The van der Waals surface area contributed by atoms with E-state index in [0.717, 1.165) is 4.88 Å². The van der Waals surface area contributed by atoms with Crippen LogP contribution in [0, 0.1) is 11.8 Å². The van der Waals surface area contributed by atoms with Gasteiger partial charge in [-0.3, -0.25) is 9.59 Å². The minimum atomic E-state index is -0.214. The quantitative estimate of drug-likeness (QED) is 0.779. The van der Waals surface area contributed by atoms with Crippen LogP contribution in [0.1, 0.15) is 21.7 Å². The second-order valence-corrected chi connectivity index (χ2v) is 4.72. The summed E-state index contributed by atoms with van der Waals surface area (Å²) < 4.78 is 0. The molecule has 1 aromatic heterocycles. The molecule has 0 aliphatic heterocycles. The molecule has 2 amide bonds. The zero-order chi connectivity index (χ0) is 14.3. The van der Waals surface area contributed by atoms with Crippen LogP contribution in [0.4, 0.5) is 0 Å². The first-order chi connectivity index (χ1) is 9.08. The fourth-order valence-electron chi connectivity index (χ4n) is 1.31. The van der Waals surface area contributed by atoms with E-state index in [-0.39, 0.29) is 25.0 Å². The van der Waals surface area contributed by atoms with E-state index < -0.39 is 0 Å². The second kappa shape index (κ2) is 7.56. The van der Waals surface area contributed by atoms with Gasteiger partial charge in [-0.2, -0.15) is 0 Å². The maximum Gasteiger partial charge on any atom is 0.254 e. The summed E-state index contributed by atoms with van der Waals surface area (Å²) >= 11 is 1.37. The highest BCUT2D eigenvalue weighted by molar-refractivity contribution is 7.10. The third-order valence-electron chi connectivity index (χ3n) is 2.30. The van der Waals surface area contributed by atoms with E-state index in [0.29, 0.717) is 12.0 Å². The second-order valence-electron chi connectivity index (χ2n) is 3.81. The number of carbonyl (C=O) groups excluding carboxylic acids is 2. The Bertz CT molecular complexity index is 513. The Labute approximate surface area is 116 Å². The first kappa shape index (κ1) is 15.2. The van der Waals surface area contributed by atoms with Gasteiger partial charge < -0.3 is 15.3 Å². The summed E-state index contributed by atoms with van der Waals surface area (Å²) in [6, 6.07) is 1.69. The van der Waals surface area contributed by atoms with Gasteiger partial charge in [0.25, 0.3) is 5.91 Å². The molecule has 1 rings (SSSR count). The fourth-order valence-corrected chi connectivity index (χ4v) is 2.06. The summed E-state index contributed by atoms with van der Waals surface area (Å²) in [7, 11) is 3.10. The molecule has 0 aromatic carbocycles. The van der Waals surface area contributed by atoms with Crippen LogP contribution < -0.4 is 5.32 Å². The van der Waals surface area contributed by atoms with Gasteiger partial charge in [-0.25, -0.2) is 0 Å². The summed E-state index contributed by atoms with van der Waals surface area (Å²) in [5.41, 5.74) is 0.518. The summed E-state index contributed by atoms with van der Waals surface area (Å²) in [4.78, 5) is 25.3. The van der Waals surface area contributed by atoms with Crippen LogP contribution in [0.15, 0.2) is 11.4 Å². The monoisotopic (exact) mass is 280 g/mol. The van der Waals surface area contributed by atoms with Crippen molar-refractivity contribution in [2.75, 3.05) is 27.2 Å². The number of thiophene rings is 1. The van der Waals surface area contributed by atoms with Gasteiger partial charge >= 0.3 is 0 Å². The summed E-state index contributed by atoms with van der Waals surface area (Å²) in [5.74, 6) is 5.24. The van der Waals surface area contributed by atoms with E-state index in [1.54, 1.807) is 18.5 Å². The SMILES string of the molecule is CNC(=O)CN(C)C(=O)c1csc(C#CCCO)c1. The molecule has 0 aliphatic rings. The molecule has 1 aromatic rings. The Hall–Kier alpha value is -1.84. The number of aliphatic hydroxyl groups excluding tert-OH is 1. The molecule has 5 nitrogen and oxygen atoms in total. The third kappa shape index (κ3) is 4.73. The molecule has 0 bridgehead atoms. The van der Waals surface area contributed by atoms with E-state index in [1.165, 1.54) is 23.3 Å². The summed E-state index contributed by atoms with van der Waals surface area (Å²) in [6.45, 7) is 0.0513. The van der Waals surface area contributed by atoms with Gasteiger partial charge in [0.05, 0.1) is 23.6 Å². The topological polar surface area (TPSA) is 69.6 Å². The number of hydrogen-bond donors (Lipinski definition) is 2. The molecule has 0 fully saturated rings. The van der Waals surface area contributed by atoms with Gasteiger partial charge in [-0.1, -0.05) is 11.8 Å². The Kier molecular flexibility index (Phi) is 6.06. The standard InChI is InChI=1S/C13H16N2O3S/c1-14-12(17)8-15(2)13(18)10-7-11(19-9-10)5-3-4-6-16/h7,9,16H,4,6,8H2,1-2H3,(H,14,17). The van der Waals surface area contributed by atoms with Crippen LogP contribution in [0.5, 0.6) is 0 Å². The average Bonchev–Trinajstić information content (AvgIpc) is 2.86. The Morgan fingerprint density at radius 3 is 2.89 bits per heavy atom. The molecule has 19 heavy (non-hydrogen) atoms. The number of nitrogens with zero attached hydrogens (tertiary/aromatic N) is 1. The van der Waals surface area contributed by atoms with E-state index in [4.69, 9.17) is 5.11 Å². The Morgan fingerprint density at radius 1 is 1.53 bits per heavy atom. The summed E-state index contributed by atoms with van der Waals surface area (Å²) in [6.07, 6.45) is 0.414. The number of nitrogens with one attached hydrogen (secondary N) is 1. The predicted molar refractivity (Wildman–Crippen MR) is 73.9 cm³/mol. The van der Waals surface area contributed by atoms with E-state index >= 15 is 0 Å². The lowest BCUT2D eigenvalue weighted by Gasteiger charge is -2.14. The van der Waals surface area contributed by atoms with Crippen molar-refractivity contribution in [3.8, 4) is 11.8 Å². The molecule has 6 heteroatoms. The maximum absolute atomic E-state index is 12.0. The van der Waals surface area contributed by atoms with E-state index in [9.17, 15) is 9.59 Å². The van der Waals surface area contributed by atoms with Crippen molar-refractivity contribution in [1.29, 1.82) is 0 Å². The molecular weight excluding hydrogens is 264 g/mol. The lowest BCUT2D eigenvalue weighted by Crippen LogP contribution is -2.36. The first-order valence-electron chi connectivity index (χ1n) is 5.72. The van der Waals surface area contributed by atoms with E-state index in [1.807, 2.05) is 0 Å². The number of amides is 2. The number of aliphatic hydroxyl groups is 1. The lowest BCUT2D eigenvalue weighted by atomic mass is 10.2. The predicted octanol–water partition coefficient (Wildman–Crippen LogP) is 0.300. The molecular formula is C13H16N2O3S. The van der Waals surface area contributed by atoms with Crippen molar-refractivity contribution in [2.24, 2.45) is 0 Å². The van der Waals surface area contributed by atoms with Crippen molar-refractivity contribution in [2.45, 2.75) is 6.42 Å². The van der Waals surface area contributed by atoms with Crippen molar-refractivity contribution < 1.29 is 14.7 Å². The zero-order valence-electron chi connectivity index (χ0n) is 10.9. The molecule has 1 heterocycles. The van der Waals surface area contributed by atoms with Crippen LogP contribution in [0.2, 0.25) is 0 Å². The van der Waals surface area contributed by atoms with Gasteiger partial charge in [0, 0.05) is 25.9 Å². The maximum atomic E-state index is 12.0. The Balaban J connectivity index is 2.68. The lowest BCUT2D eigenvalue weighted by molar-refractivity contribution is -0.121. The highest BCUT2D eigenvalue weighted by Crippen LogP contribution is 2.15. The molecule has 2 N–H and O–H groups in total. The van der Waals surface area contributed by atoms with Crippen LogP contribution in [-0.4, -0.2) is 49.1 Å². The Morgan fingerprint density at radius 2 is 2.26 bits per heavy atom. The van der Waals surface area contributed by atoms with Crippen molar-refractivity contribution in [3.63, 3.8) is 0 Å². The number of rotatable bonds is 4. The molecule has 0 saturated carbocycles. The van der Waals surface area contributed by atoms with Gasteiger partial charge in [-0.15, -0.1) is 11.3 Å². The van der Waals surface area contributed by atoms with Crippen molar-refractivity contribution in [1.82, 2.24) is 10.2 Å². The largest absolute Gasteiger partial charge is 0.395 e. The zero-order valence-corrected chi connectivity index (χ0v) is 11.7. The van der Waals surface area contributed by atoms with E-state index in [2.05, 4.69) is 17.2 Å². The van der Waals surface area contributed by atoms with Crippen molar-refractivity contribution >= 4 is 23.2 Å². The number of likely N-dealkylation sites (N-methyl/N-ethyl adjacent to an activating group) is 2. The first-order valence-corrected chi connectivity index (χ1v) is 6.60. The van der Waals surface area contributed by atoms with Crippen molar-refractivity contribution in [3.05, 3.63) is 21.9 Å². The van der Waals surface area contributed by atoms with Crippen LogP contribution in [-0.2, 0) is 4.79 Å². The number of carbonyl (C=O) groups is 2. The summed E-state index contributed by atoms with van der Waals surface area (Å²) in [5, 5.41) is 12.8. The van der Waals surface area contributed by atoms with Crippen LogP contribution in [0.25, 0.3) is 0 Å². The van der Waals surface area contributed by atoms with Gasteiger partial charge in [0.15, 0.2) is 0 Å². The molecule has 0 aliphatic carbocycles. The molecule has 102 valence electrons. The average molecular weight is 280 g/mol.